The van der Waals surface area contributed by atoms with E-state index in [0.29, 0.717) is 0 Å². The predicted octanol–water partition coefficient (Wildman–Crippen LogP) is 2.29. The predicted molar refractivity (Wildman–Crippen MR) is 56.2 cm³/mol. The fraction of sp³-hybridized carbons (Fsp3) is 0.300. The number of aromatic nitrogens is 1. The van der Waals surface area contributed by atoms with Gasteiger partial charge in [0.1, 0.15) is 11.5 Å². The van der Waals surface area contributed by atoms with Crippen molar-refractivity contribution >= 4 is 11.3 Å². The minimum Gasteiger partial charge on any atom is -0.465 e. The minimum atomic E-state index is -0.0656. The van der Waals surface area contributed by atoms with Crippen LogP contribution in [0.5, 0.6) is 0 Å². The van der Waals surface area contributed by atoms with Gasteiger partial charge in [-0.15, -0.1) is 11.3 Å². The van der Waals surface area contributed by atoms with Crippen LogP contribution in [0.25, 0.3) is 0 Å². The van der Waals surface area contributed by atoms with Crippen molar-refractivity contribution in [2.45, 2.75) is 19.4 Å². The number of rotatable bonds is 3. The van der Waals surface area contributed by atoms with Crippen LogP contribution < -0.4 is 5.73 Å². The first-order valence-electron chi connectivity index (χ1n) is 4.45. The molecule has 0 aromatic carbocycles. The maximum Gasteiger partial charge on any atom is 0.121 e. The molecule has 14 heavy (non-hydrogen) atoms. The second-order valence-electron chi connectivity index (χ2n) is 3.23. The molecule has 2 N–H and O–H groups in total. The van der Waals surface area contributed by atoms with E-state index in [1.165, 1.54) is 4.88 Å². The monoisotopic (exact) mass is 208 g/mol. The Bertz CT molecular complexity index is 394. The molecular formula is C10H12N2OS. The van der Waals surface area contributed by atoms with Crippen molar-refractivity contribution in [2.75, 3.05) is 0 Å². The summed E-state index contributed by atoms with van der Waals surface area (Å²) in [6.45, 7) is 1.92. The molecule has 74 valence electrons. The second-order valence-corrected chi connectivity index (χ2v) is 4.20. The van der Waals surface area contributed by atoms with Crippen molar-refractivity contribution in [3.8, 4) is 0 Å². The number of hydrogen-bond donors (Lipinski definition) is 1. The van der Waals surface area contributed by atoms with Crippen LogP contribution in [0.3, 0.4) is 0 Å². The third-order valence-electron chi connectivity index (χ3n) is 2.03. The topological polar surface area (TPSA) is 52.0 Å². The highest BCUT2D eigenvalue weighted by molar-refractivity contribution is 7.09. The molecule has 2 heterocycles. The lowest BCUT2D eigenvalue weighted by Crippen LogP contribution is -2.11. The van der Waals surface area contributed by atoms with Crippen LogP contribution >= 0.6 is 11.3 Å². The maximum atomic E-state index is 5.98. The number of furan rings is 1. The molecule has 0 saturated carbocycles. The van der Waals surface area contributed by atoms with Gasteiger partial charge in [-0.1, -0.05) is 0 Å². The number of thiazole rings is 1. The lowest BCUT2D eigenvalue weighted by Gasteiger charge is -2.05. The highest BCUT2D eigenvalue weighted by Crippen LogP contribution is 2.19. The normalized spacial score (nSPS) is 13.0. The van der Waals surface area contributed by atoms with Crippen LogP contribution in [0.2, 0.25) is 0 Å². The molecule has 0 aliphatic rings. The lowest BCUT2D eigenvalue weighted by molar-refractivity contribution is 0.445. The molecule has 0 fully saturated rings. The molecule has 3 nitrogen and oxygen atoms in total. The van der Waals surface area contributed by atoms with E-state index in [1.807, 2.05) is 30.8 Å². The number of nitrogens with zero attached hydrogens (tertiary/aromatic N) is 1. The molecule has 4 heteroatoms. The van der Waals surface area contributed by atoms with E-state index in [0.717, 1.165) is 17.9 Å². The second kappa shape index (κ2) is 3.94. The van der Waals surface area contributed by atoms with Crippen molar-refractivity contribution in [3.05, 3.63) is 40.2 Å². The van der Waals surface area contributed by atoms with Gasteiger partial charge in [-0.2, -0.15) is 0 Å². The van der Waals surface area contributed by atoms with Gasteiger partial charge in [0.05, 0.1) is 11.6 Å². The molecule has 2 aromatic heterocycles. The van der Waals surface area contributed by atoms with Gasteiger partial charge in [-0.05, 0) is 19.1 Å². The minimum absolute atomic E-state index is 0.0656. The van der Waals surface area contributed by atoms with Crippen LogP contribution in [-0.4, -0.2) is 4.98 Å². The highest BCUT2D eigenvalue weighted by atomic mass is 32.1. The summed E-state index contributed by atoms with van der Waals surface area (Å²) < 4.78 is 5.45. The lowest BCUT2D eigenvalue weighted by atomic mass is 10.1. The Morgan fingerprint density at radius 1 is 1.57 bits per heavy atom. The average molecular weight is 208 g/mol. The number of aryl methyl sites for hydroxylation is 1. The first-order valence-corrected chi connectivity index (χ1v) is 5.33. The summed E-state index contributed by atoms with van der Waals surface area (Å²) >= 11 is 1.62. The molecule has 0 amide bonds. The van der Waals surface area contributed by atoms with E-state index in [4.69, 9.17) is 10.2 Å². The number of hydrogen-bond acceptors (Lipinski definition) is 4. The van der Waals surface area contributed by atoms with Gasteiger partial charge in [-0.3, -0.25) is 4.98 Å². The van der Waals surface area contributed by atoms with E-state index in [9.17, 15) is 0 Å². The van der Waals surface area contributed by atoms with E-state index in [2.05, 4.69) is 4.98 Å². The fourth-order valence-electron chi connectivity index (χ4n) is 1.31. The van der Waals surface area contributed by atoms with Crippen molar-refractivity contribution < 1.29 is 4.42 Å². The molecule has 2 rings (SSSR count). The summed E-state index contributed by atoms with van der Waals surface area (Å²) in [5.74, 6) is 1.75. The van der Waals surface area contributed by atoms with Crippen LogP contribution in [0, 0.1) is 6.92 Å². The fourth-order valence-corrected chi connectivity index (χ4v) is 1.97. The molecule has 1 atom stereocenters. The first-order chi connectivity index (χ1) is 6.75. The molecule has 0 aliphatic heterocycles. The van der Waals surface area contributed by atoms with E-state index >= 15 is 0 Å². The van der Waals surface area contributed by atoms with E-state index < -0.39 is 0 Å². The molecule has 0 spiro atoms. The van der Waals surface area contributed by atoms with Crippen molar-refractivity contribution in [2.24, 2.45) is 5.73 Å². The maximum absolute atomic E-state index is 5.98. The van der Waals surface area contributed by atoms with Crippen LogP contribution in [-0.2, 0) is 6.42 Å². The molecule has 1 unspecified atom stereocenters. The van der Waals surface area contributed by atoms with Crippen LogP contribution in [0.15, 0.2) is 28.3 Å². The summed E-state index contributed by atoms with van der Waals surface area (Å²) in [5, 5.41) is 0. The van der Waals surface area contributed by atoms with Gasteiger partial charge in [0.25, 0.3) is 0 Å². The summed E-state index contributed by atoms with van der Waals surface area (Å²) in [4.78, 5) is 5.19. The van der Waals surface area contributed by atoms with Crippen molar-refractivity contribution in [1.29, 1.82) is 0 Å². The molecule has 0 aliphatic carbocycles. The van der Waals surface area contributed by atoms with Gasteiger partial charge >= 0.3 is 0 Å². The van der Waals surface area contributed by atoms with Gasteiger partial charge in [0.2, 0.25) is 0 Å². The van der Waals surface area contributed by atoms with E-state index in [1.54, 1.807) is 11.3 Å². The summed E-state index contributed by atoms with van der Waals surface area (Å²) in [6.07, 6.45) is 2.64. The SMILES string of the molecule is Cc1ccc(C(N)Cc2cncs2)o1. The molecule has 0 bridgehead atoms. The molecule has 2 aromatic rings. The largest absolute Gasteiger partial charge is 0.465 e. The first kappa shape index (κ1) is 9.43. The van der Waals surface area contributed by atoms with Crippen molar-refractivity contribution in [3.63, 3.8) is 0 Å². The standard InChI is InChI=1S/C10H12N2OS/c1-7-2-3-10(13-7)9(11)4-8-5-12-6-14-8/h2-3,5-6,9H,4,11H2,1H3. The number of nitrogens with two attached hydrogens (primary N) is 1. The van der Waals surface area contributed by atoms with Gasteiger partial charge < -0.3 is 10.2 Å². The zero-order chi connectivity index (χ0) is 9.97. The Hall–Kier alpha value is -1.13. The highest BCUT2D eigenvalue weighted by Gasteiger charge is 2.11. The Balaban J connectivity index is 2.06. The molecule has 0 saturated heterocycles. The van der Waals surface area contributed by atoms with Crippen LogP contribution in [0.4, 0.5) is 0 Å². The van der Waals surface area contributed by atoms with Gasteiger partial charge in [-0.25, -0.2) is 0 Å². The third kappa shape index (κ3) is 2.02. The zero-order valence-corrected chi connectivity index (χ0v) is 8.75. The van der Waals surface area contributed by atoms with Crippen LogP contribution in [0.1, 0.15) is 22.4 Å². The Morgan fingerprint density at radius 2 is 2.43 bits per heavy atom. The van der Waals surface area contributed by atoms with Gasteiger partial charge in [0.15, 0.2) is 0 Å². The van der Waals surface area contributed by atoms with Gasteiger partial charge in [0, 0.05) is 17.5 Å². The molecular weight excluding hydrogens is 196 g/mol. The Kier molecular flexibility index (Phi) is 2.65. The van der Waals surface area contributed by atoms with Crippen molar-refractivity contribution in [1.82, 2.24) is 4.98 Å². The smallest absolute Gasteiger partial charge is 0.121 e. The molecule has 0 radical (unpaired) electrons. The quantitative estimate of drug-likeness (QED) is 0.842. The van der Waals surface area contributed by atoms with E-state index in [-0.39, 0.29) is 6.04 Å². The Labute approximate surface area is 86.6 Å². The zero-order valence-electron chi connectivity index (χ0n) is 7.93. The average Bonchev–Trinajstić information content (AvgIpc) is 2.75. The summed E-state index contributed by atoms with van der Waals surface area (Å²) in [7, 11) is 0. The summed E-state index contributed by atoms with van der Waals surface area (Å²) in [6, 6.07) is 3.80. The summed E-state index contributed by atoms with van der Waals surface area (Å²) in [5.41, 5.74) is 7.80. The Morgan fingerprint density at radius 3 is 3.00 bits per heavy atom. The third-order valence-corrected chi connectivity index (χ3v) is 2.83.